The molecule has 0 bridgehead atoms. The van der Waals surface area contributed by atoms with Crippen molar-refractivity contribution in [2.24, 2.45) is 0 Å². The summed E-state index contributed by atoms with van der Waals surface area (Å²) in [6.45, 7) is 2.18. The predicted octanol–water partition coefficient (Wildman–Crippen LogP) is 2.98. The fourth-order valence-electron chi connectivity index (χ4n) is 1.57. The highest BCUT2D eigenvalue weighted by Crippen LogP contribution is 2.29. The fraction of sp³-hybridized carbons (Fsp3) is 0.182. The van der Waals surface area contributed by atoms with Gasteiger partial charge in [0.15, 0.2) is 0 Å². The maximum absolute atomic E-state index is 13.5. The number of anilines is 1. The first-order valence-electron chi connectivity index (χ1n) is 5.35. The summed E-state index contributed by atoms with van der Waals surface area (Å²) in [6.07, 6.45) is 1.62. The van der Waals surface area contributed by atoms with Crippen molar-refractivity contribution in [3.63, 3.8) is 0 Å². The number of rotatable bonds is 4. The zero-order chi connectivity index (χ0) is 14.0. The van der Waals surface area contributed by atoms with Crippen molar-refractivity contribution >= 4 is 34.0 Å². The second-order valence-corrected chi connectivity index (χ2v) is 5.08. The molecule has 0 spiro atoms. The number of aryl methyl sites for hydroxylation is 1. The number of nitrogens with zero attached hydrogens (tertiary/aromatic N) is 2. The number of halogens is 2. The van der Waals surface area contributed by atoms with Crippen molar-refractivity contribution in [3.05, 3.63) is 49.1 Å². The molecule has 0 unspecified atom stereocenters. The molecule has 0 aliphatic carbocycles. The van der Waals surface area contributed by atoms with Gasteiger partial charge < -0.3 is 5.32 Å². The Labute approximate surface area is 121 Å². The van der Waals surface area contributed by atoms with Gasteiger partial charge >= 0.3 is 0 Å². The maximum atomic E-state index is 13.5. The van der Waals surface area contributed by atoms with E-state index in [-0.39, 0.29) is 14.9 Å². The summed E-state index contributed by atoms with van der Waals surface area (Å²) in [5.41, 5.74) is 1.74. The molecule has 8 heteroatoms. The SMILES string of the molecule is Cc1[nH]ncc1CNc1cc(F)c(I)cc1[N+](=O)[O-]. The molecule has 1 heterocycles. The summed E-state index contributed by atoms with van der Waals surface area (Å²) in [6, 6.07) is 2.34. The van der Waals surface area contributed by atoms with Gasteiger partial charge in [0.05, 0.1) is 14.7 Å². The van der Waals surface area contributed by atoms with Crippen LogP contribution in [0.15, 0.2) is 18.3 Å². The Morgan fingerprint density at radius 1 is 1.58 bits per heavy atom. The number of nitro groups is 1. The molecule has 0 aliphatic heterocycles. The van der Waals surface area contributed by atoms with E-state index in [1.807, 2.05) is 6.92 Å². The van der Waals surface area contributed by atoms with Crippen LogP contribution in [-0.4, -0.2) is 15.1 Å². The molecule has 0 atom stereocenters. The third-order valence-corrected chi connectivity index (χ3v) is 3.47. The molecule has 0 saturated heterocycles. The van der Waals surface area contributed by atoms with Crippen LogP contribution in [0.1, 0.15) is 11.3 Å². The lowest BCUT2D eigenvalue weighted by Gasteiger charge is -2.07. The van der Waals surface area contributed by atoms with Gasteiger partial charge in [-0.1, -0.05) is 0 Å². The highest BCUT2D eigenvalue weighted by atomic mass is 127. The Morgan fingerprint density at radius 2 is 2.32 bits per heavy atom. The topological polar surface area (TPSA) is 83.8 Å². The minimum atomic E-state index is -0.536. The predicted molar refractivity (Wildman–Crippen MR) is 76.4 cm³/mol. The molecular weight excluding hydrogens is 366 g/mol. The Balaban J connectivity index is 2.26. The van der Waals surface area contributed by atoms with Crippen molar-refractivity contribution in [1.82, 2.24) is 10.2 Å². The fourth-order valence-corrected chi connectivity index (χ4v) is 2.02. The highest BCUT2D eigenvalue weighted by molar-refractivity contribution is 14.1. The van der Waals surface area contributed by atoms with Gasteiger partial charge in [0.1, 0.15) is 11.5 Å². The number of aromatic nitrogens is 2. The summed E-state index contributed by atoms with van der Waals surface area (Å²) >= 11 is 1.72. The van der Waals surface area contributed by atoms with Crippen LogP contribution in [0.2, 0.25) is 0 Å². The van der Waals surface area contributed by atoms with E-state index in [1.165, 1.54) is 6.07 Å². The Morgan fingerprint density at radius 3 is 2.89 bits per heavy atom. The standard InChI is InChI=1S/C11H10FIN4O2/c1-6-7(5-15-16-6)4-14-10-2-8(12)9(13)3-11(10)17(18)19/h2-3,5,14H,4H2,1H3,(H,15,16). The monoisotopic (exact) mass is 376 g/mol. The Bertz CT molecular complexity index is 629. The molecule has 0 radical (unpaired) electrons. The van der Waals surface area contributed by atoms with Crippen LogP contribution in [0.4, 0.5) is 15.8 Å². The third-order valence-electron chi connectivity index (χ3n) is 2.64. The van der Waals surface area contributed by atoms with Crippen molar-refractivity contribution in [2.75, 3.05) is 5.32 Å². The van der Waals surface area contributed by atoms with E-state index in [1.54, 1.807) is 28.8 Å². The van der Waals surface area contributed by atoms with Crippen LogP contribution in [0.3, 0.4) is 0 Å². The van der Waals surface area contributed by atoms with Gasteiger partial charge in [-0.25, -0.2) is 4.39 Å². The van der Waals surface area contributed by atoms with Crippen LogP contribution in [0.5, 0.6) is 0 Å². The summed E-state index contributed by atoms with van der Waals surface area (Å²) in [5, 5.41) is 20.4. The van der Waals surface area contributed by atoms with Gasteiger partial charge in [0.2, 0.25) is 0 Å². The van der Waals surface area contributed by atoms with E-state index < -0.39 is 10.7 Å². The number of aromatic amines is 1. The minimum Gasteiger partial charge on any atom is -0.375 e. The maximum Gasteiger partial charge on any atom is 0.293 e. The average molecular weight is 376 g/mol. The molecule has 6 nitrogen and oxygen atoms in total. The number of benzene rings is 1. The average Bonchev–Trinajstić information content (AvgIpc) is 2.75. The van der Waals surface area contributed by atoms with Crippen LogP contribution in [-0.2, 0) is 6.54 Å². The minimum absolute atomic E-state index is 0.146. The second kappa shape index (κ2) is 5.51. The summed E-state index contributed by atoms with van der Waals surface area (Å²) in [7, 11) is 0. The molecule has 1 aromatic carbocycles. The van der Waals surface area contributed by atoms with Crippen molar-refractivity contribution in [2.45, 2.75) is 13.5 Å². The first-order chi connectivity index (χ1) is 8.99. The lowest BCUT2D eigenvalue weighted by molar-refractivity contribution is -0.384. The van der Waals surface area contributed by atoms with Crippen molar-refractivity contribution < 1.29 is 9.31 Å². The molecule has 1 aromatic heterocycles. The molecule has 2 rings (SSSR count). The molecular formula is C11H10FIN4O2. The van der Waals surface area contributed by atoms with Crippen LogP contribution in [0, 0.1) is 26.4 Å². The summed E-state index contributed by atoms with van der Waals surface area (Å²) < 4.78 is 13.7. The molecule has 0 fully saturated rings. The number of H-pyrrole nitrogens is 1. The zero-order valence-electron chi connectivity index (χ0n) is 9.91. The van der Waals surface area contributed by atoms with E-state index in [9.17, 15) is 14.5 Å². The lowest BCUT2D eigenvalue weighted by Crippen LogP contribution is -2.04. The van der Waals surface area contributed by atoms with Gasteiger partial charge in [0, 0.05) is 29.9 Å². The van der Waals surface area contributed by atoms with Gasteiger partial charge in [-0.3, -0.25) is 15.2 Å². The smallest absolute Gasteiger partial charge is 0.293 e. The van der Waals surface area contributed by atoms with Crippen LogP contribution < -0.4 is 5.32 Å². The summed E-state index contributed by atoms with van der Waals surface area (Å²) in [4.78, 5) is 10.4. The van der Waals surface area contributed by atoms with Gasteiger partial charge in [0.25, 0.3) is 5.69 Å². The van der Waals surface area contributed by atoms with E-state index in [0.717, 1.165) is 17.3 Å². The highest BCUT2D eigenvalue weighted by Gasteiger charge is 2.17. The van der Waals surface area contributed by atoms with Crippen molar-refractivity contribution in [3.8, 4) is 0 Å². The first-order valence-corrected chi connectivity index (χ1v) is 6.43. The molecule has 100 valence electrons. The van der Waals surface area contributed by atoms with Gasteiger partial charge in [-0.05, 0) is 29.5 Å². The number of hydrogen-bond acceptors (Lipinski definition) is 4. The molecule has 19 heavy (non-hydrogen) atoms. The largest absolute Gasteiger partial charge is 0.375 e. The van der Waals surface area contributed by atoms with E-state index >= 15 is 0 Å². The Hall–Kier alpha value is -1.71. The van der Waals surface area contributed by atoms with E-state index in [0.29, 0.717) is 6.54 Å². The van der Waals surface area contributed by atoms with E-state index in [2.05, 4.69) is 15.5 Å². The van der Waals surface area contributed by atoms with E-state index in [4.69, 9.17) is 0 Å². The molecule has 2 aromatic rings. The number of nitrogens with one attached hydrogen (secondary N) is 2. The Kier molecular flexibility index (Phi) is 3.98. The third kappa shape index (κ3) is 3.00. The number of hydrogen-bond donors (Lipinski definition) is 2. The zero-order valence-corrected chi connectivity index (χ0v) is 12.1. The number of nitro benzene ring substituents is 1. The van der Waals surface area contributed by atoms with Crippen LogP contribution >= 0.6 is 22.6 Å². The normalized spacial score (nSPS) is 10.5. The lowest BCUT2D eigenvalue weighted by atomic mass is 10.2. The quantitative estimate of drug-likeness (QED) is 0.488. The first kappa shape index (κ1) is 13.7. The van der Waals surface area contributed by atoms with Crippen molar-refractivity contribution in [1.29, 1.82) is 0 Å². The molecule has 0 amide bonds. The molecule has 0 saturated carbocycles. The van der Waals surface area contributed by atoms with Crippen LogP contribution in [0.25, 0.3) is 0 Å². The van der Waals surface area contributed by atoms with Gasteiger partial charge in [-0.15, -0.1) is 0 Å². The van der Waals surface area contributed by atoms with Gasteiger partial charge in [-0.2, -0.15) is 5.10 Å². The molecule has 0 aliphatic rings. The molecule has 2 N–H and O–H groups in total. The summed E-state index contributed by atoms with van der Waals surface area (Å²) in [5.74, 6) is -0.488. The second-order valence-electron chi connectivity index (χ2n) is 3.91.